The van der Waals surface area contributed by atoms with Gasteiger partial charge in [0, 0.05) is 37.8 Å². The van der Waals surface area contributed by atoms with Gasteiger partial charge in [-0.25, -0.2) is 13.4 Å². The van der Waals surface area contributed by atoms with Crippen molar-refractivity contribution in [1.82, 2.24) is 18.8 Å². The van der Waals surface area contributed by atoms with Gasteiger partial charge in [0.1, 0.15) is 5.82 Å². The lowest BCUT2D eigenvalue weighted by molar-refractivity contribution is 0.353. The highest BCUT2D eigenvalue weighted by atomic mass is 32.2. The first-order valence-corrected chi connectivity index (χ1v) is 11.8. The zero-order valence-electron chi connectivity index (χ0n) is 18.3. The summed E-state index contributed by atoms with van der Waals surface area (Å²) in [5.74, 6) is 2.29. The lowest BCUT2D eigenvalue weighted by Gasteiger charge is -2.19. The second-order valence-corrected chi connectivity index (χ2v) is 10.1. The Kier molecular flexibility index (Phi) is 5.90. The molecule has 8 nitrogen and oxygen atoms in total. The normalized spacial score (nSPS) is 17.5. The smallest absolute Gasteiger partial charge is 0.243 e. The Balaban J connectivity index is 1.64. The highest BCUT2D eigenvalue weighted by Gasteiger charge is 2.36. The topological polar surface area (TPSA) is 86.6 Å². The predicted molar refractivity (Wildman–Crippen MR) is 118 cm³/mol. The van der Waals surface area contributed by atoms with Crippen LogP contribution in [0.4, 0.5) is 0 Å². The molecule has 0 N–H and O–H groups in total. The van der Waals surface area contributed by atoms with Gasteiger partial charge in [-0.15, -0.1) is 0 Å². The Morgan fingerprint density at radius 2 is 1.94 bits per heavy atom. The third-order valence-electron chi connectivity index (χ3n) is 5.64. The van der Waals surface area contributed by atoms with Crippen LogP contribution in [0.1, 0.15) is 32.0 Å². The lowest BCUT2D eigenvalue weighted by Crippen LogP contribution is -2.29. The quantitative estimate of drug-likeness (QED) is 0.556. The summed E-state index contributed by atoms with van der Waals surface area (Å²) in [6.07, 6.45) is 4.30. The number of aromatic nitrogens is 3. The van der Waals surface area contributed by atoms with E-state index in [0.29, 0.717) is 30.5 Å². The summed E-state index contributed by atoms with van der Waals surface area (Å²) in [5.41, 5.74) is 1.89. The number of nitrogens with zero attached hydrogens (tertiary/aromatic N) is 4. The zero-order valence-corrected chi connectivity index (χ0v) is 19.1. The molecule has 166 valence electrons. The van der Waals surface area contributed by atoms with E-state index in [0.717, 1.165) is 29.8 Å². The second kappa shape index (κ2) is 8.47. The van der Waals surface area contributed by atoms with Crippen molar-refractivity contribution in [3.63, 3.8) is 0 Å². The molecular formula is C22H28N4O4S. The highest BCUT2D eigenvalue weighted by molar-refractivity contribution is 7.89. The molecule has 0 radical (unpaired) electrons. The number of hydrogen-bond acceptors (Lipinski definition) is 6. The maximum absolute atomic E-state index is 13.3. The second-order valence-electron chi connectivity index (χ2n) is 8.20. The molecule has 1 saturated heterocycles. The number of ether oxygens (including phenoxy) is 2. The van der Waals surface area contributed by atoms with Crippen LogP contribution < -0.4 is 9.47 Å². The fraction of sp³-hybridized carbons (Fsp3) is 0.455. The highest BCUT2D eigenvalue weighted by Crippen LogP contribution is 2.35. The van der Waals surface area contributed by atoms with E-state index >= 15 is 0 Å². The van der Waals surface area contributed by atoms with Gasteiger partial charge in [0.2, 0.25) is 10.0 Å². The number of sulfonamides is 1. The van der Waals surface area contributed by atoms with Gasteiger partial charge in [0.15, 0.2) is 11.5 Å². The average Bonchev–Trinajstić information content (AvgIpc) is 3.39. The molecule has 0 unspecified atom stereocenters. The first-order valence-electron chi connectivity index (χ1n) is 10.4. The molecule has 2 aromatic heterocycles. The number of pyridine rings is 1. The lowest BCUT2D eigenvalue weighted by atomic mass is 10.1. The average molecular weight is 445 g/mol. The molecule has 31 heavy (non-hydrogen) atoms. The molecule has 1 aliphatic heterocycles. The van der Waals surface area contributed by atoms with E-state index in [4.69, 9.17) is 14.5 Å². The molecule has 1 atom stereocenters. The molecule has 3 aromatic rings. The summed E-state index contributed by atoms with van der Waals surface area (Å²) >= 11 is 0. The van der Waals surface area contributed by atoms with Crippen molar-refractivity contribution in [2.24, 2.45) is 5.92 Å². The predicted octanol–water partition coefficient (Wildman–Crippen LogP) is 3.28. The Hall–Kier alpha value is -2.65. The Morgan fingerprint density at radius 1 is 1.16 bits per heavy atom. The fourth-order valence-corrected chi connectivity index (χ4v) is 5.66. The number of methoxy groups -OCH3 is 2. The van der Waals surface area contributed by atoms with Crippen molar-refractivity contribution in [2.45, 2.75) is 37.6 Å². The number of benzene rings is 1. The van der Waals surface area contributed by atoms with Crippen LogP contribution in [0.5, 0.6) is 11.5 Å². The largest absolute Gasteiger partial charge is 0.493 e. The third kappa shape index (κ3) is 3.99. The minimum atomic E-state index is -3.65. The van der Waals surface area contributed by atoms with Gasteiger partial charge < -0.3 is 14.0 Å². The van der Waals surface area contributed by atoms with Crippen molar-refractivity contribution in [2.75, 3.05) is 27.3 Å². The first kappa shape index (κ1) is 21.6. The maximum Gasteiger partial charge on any atom is 0.243 e. The van der Waals surface area contributed by atoms with Gasteiger partial charge in [0.05, 0.1) is 36.3 Å². The molecule has 1 aromatic carbocycles. The van der Waals surface area contributed by atoms with Gasteiger partial charge in [-0.2, -0.15) is 4.31 Å². The molecule has 3 heterocycles. The summed E-state index contributed by atoms with van der Waals surface area (Å²) < 4.78 is 40.9. The van der Waals surface area contributed by atoms with Crippen LogP contribution in [-0.2, 0) is 16.6 Å². The first-order chi connectivity index (χ1) is 14.8. The molecular weight excluding hydrogens is 416 g/mol. The molecule has 0 aliphatic carbocycles. The third-order valence-corrected chi connectivity index (χ3v) is 7.50. The van der Waals surface area contributed by atoms with E-state index in [1.807, 2.05) is 12.3 Å². The molecule has 9 heteroatoms. The summed E-state index contributed by atoms with van der Waals surface area (Å²) in [4.78, 5) is 9.31. The van der Waals surface area contributed by atoms with Crippen LogP contribution in [0.15, 0.2) is 41.6 Å². The van der Waals surface area contributed by atoms with Crippen LogP contribution in [0.2, 0.25) is 0 Å². The van der Waals surface area contributed by atoms with E-state index in [1.54, 1.807) is 18.3 Å². The van der Waals surface area contributed by atoms with E-state index in [9.17, 15) is 8.42 Å². The zero-order chi connectivity index (χ0) is 22.2. The maximum atomic E-state index is 13.3. The number of rotatable bonds is 7. The molecule has 0 amide bonds. The van der Waals surface area contributed by atoms with E-state index < -0.39 is 10.0 Å². The molecule has 0 saturated carbocycles. The summed E-state index contributed by atoms with van der Waals surface area (Å²) in [7, 11) is -0.637. The summed E-state index contributed by atoms with van der Waals surface area (Å²) in [5, 5.41) is 0. The molecule has 1 fully saturated rings. The van der Waals surface area contributed by atoms with Crippen LogP contribution in [0.25, 0.3) is 11.0 Å². The number of imidazole rings is 1. The Bertz CT molecular complexity index is 1190. The van der Waals surface area contributed by atoms with Gasteiger partial charge in [-0.3, -0.25) is 4.98 Å². The summed E-state index contributed by atoms with van der Waals surface area (Å²) in [6.45, 7) is 5.98. The molecule has 0 spiro atoms. The van der Waals surface area contributed by atoms with Gasteiger partial charge in [-0.05, 0) is 30.5 Å². The molecule has 4 rings (SSSR count). The van der Waals surface area contributed by atoms with E-state index in [1.165, 1.54) is 24.6 Å². The van der Waals surface area contributed by atoms with Gasteiger partial charge >= 0.3 is 0 Å². The number of fused-ring (bicyclic) bond motifs is 1. The SMILES string of the molecule is COc1ccc(S(=O)(=O)N2CC[C@H](c3nc4ccncc4n3CC(C)C)C2)cc1OC. The molecule has 0 bridgehead atoms. The van der Waals surface area contributed by atoms with E-state index in [-0.39, 0.29) is 10.8 Å². The van der Waals surface area contributed by atoms with E-state index in [2.05, 4.69) is 23.4 Å². The monoisotopic (exact) mass is 444 g/mol. The Morgan fingerprint density at radius 3 is 2.65 bits per heavy atom. The van der Waals surface area contributed by atoms with Crippen LogP contribution in [0, 0.1) is 5.92 Å². The van der Waals surface area contributed by atoms with Crippen molar-refractivity contribution >= 4 is 21.1 Å². The number of hydrogen-bond donors (Lipinski definition) is 0. The Labute approximate surface area is 182 Å². The van der Waals surface area contributed by atoms with Crippen LogP contribution >= 0.6 is 0 Å². The minimum Gasteiger partial charge on any atom is -0.493 e. The van der Waals surface area contributed by atoms with Crippen LogP contribution in [-0.4, -0.2) is 54.6 Å². The summed E-state index contributed by atoms with van der Waals surface area (Å²) in [6, 6.07) is 6.60. The molecule has 1 aliphatic rings. The minimum absolute atomic E-state index is 0.0288. The van der Waals surface area contributed by atoms with Gasteiger partial charge in [-0.1, -0.05) is 13.8 Å². The standard InChI is InChI=1S/C22H28N4O4S/c1-15(2)13-26-19-12-23-9-7-18(19)24-22(26)16-8-10-25(14-16)31(27,28)17-5-6-20(29-3)21(11-17)30-4/h5-7,9,11-12,15-16H,8,10,13-14H2,1-4H3/t16-/m0/s1. The fourth-order valence-electron chi connectivity index (χ4n) is 4.14. The van der Waals surface area contributed by atoms with Crippen molar-refractivity contribution in [3.05, 3.63) is 42.5 Å². The van der Waals surface area contributed by atoms with Crippen molar-refractivity contribution in [3.8, 4) is 11.5 Å². The van der Waals surface area contributed by atoms with Crippen molar-refractivity contribution < 1.29 is 17.9 Å². The van der Waals surface area contributed by atoms with Crippen LogP contribution in [0.3, 0.4) is 0 Å². The van der Waals surface area contributed by atoms with Crippen molar-refractivity contribution in [1.29, 1.82) is 0 Å². The van der Waals surface area contributed by atoms with Gasteiger partial charge in [0.25, 0.3) is 0 Å².